The van der Waals surface area contributed by atoms with Crippen LogP contribution in [0.1, 0.15) is 30.1 Å². The molecule has 0 radical (unpaired) electrons. The molecular weight excluding hydrogens is 242 g/mol. The molecule has 0 bridgehead atoms. The van der Waals surface area contributed by atoms with Crippen LogP contribution < -0.4 is 5.32 Å². The molecule has 1 atom stereocenters. The zero-order valence-electron chi connectivity index (χ0n) is 9.61. The second-order valence-electron chi connectivity index (χ2n) is 3.80. The summed E-state index contributed by atoms with van der Waals surface area (Å²) in [4.78, 5) is 11.7. The van der Waals surface area contributed by atoms with Gasteiger partial charge in [0.25, 0.3) is 5.91 Å². The van der Waals surface area contributed by atoms with Crippen LogP contribution in [0.3, 0.4) is 0 Å². The van der Waals surface area contributed by atoms with E-state index >= 15 is 0 Å². The van der Waals surface area contributed by atoms with Gasteiger partial charge in [-0.05, 0) is 24.6 Å². The van der Waals surface area contributed by atoms with Crippen molar-refractivity contribution in [1.82, 2.24) is 5.32 Å². The van der Waals surface area contributed by atoms with Gasteiger partial charge in [-0.1, -0.05) is 13.3 Å². The molecule has 17 heavy (non-hydrogen) atoms. The van der Waals surface area contributed by atoms with Crippen molar-refractivity contribution in [1.29, 1.82) is 0 Å². The number of amides is 1. The SMILES string of the molecule is CCCC(Cl)CNC(=O)c1cc(O)ccc1O. The van der Waals surface area contributed by atoms with E-state index < -0.39 is 5.91 Å². The molecule has 0 aromatic heterocycles. The summed E-state index contributed by atoms with van der Waals surface area (Å²) in [7, 11) is 0. The first-order valence-corrected chi connectivity index (χ1v) is 5.92. The minimum Gasteiger partial charge on any atom is -0.508 e. The minimum absolute atomic E-state index is 0.0466. The topological polar surface area (TPSA) is 69.6 Å². The van der Waals surface area contributed by atoms with Crippen LogP contribution in [0.4, 0.5) is 0 Å². The van der Waals surface area contributed by atoms with E-state index in [9.17, 15) is 15.0 Å². The largest absolute Gasteiger partial charge is 0.508 e. The van der Waals surface area contributed by atoms with E-state index in [1.54, 1.807) is 0 Å². The van der Waals surface area contributed by atoms with E-state index in [0.29, 0.717) is 6.54 Å². The summed E-state index contributed by atoms with van der Waals surface area (Å²) in [6, 6.07) is 3.80. The Kier molecular flexibility index (Phi) is 5.10. The van der Waals surface area contributed by atoms with Crippen LogP contribution in [0.2, 0.25) is 0 Å². The molecule has 4 nitrogen and oxygen atoms in total. The van der Waals surface area contributed by atoms with Crippen molar-refractivity contribution < 1.29 is 15.0 Å². The van der Waals surface area contributed by atoms with Gasteiger partial charge < -0.3 is 15.5 Å². The van der Waals surface area contributed by atoms with E-state index in [2.05, 4.69) is 5.32 Å². The summed E-state index contributed by atoms with van der Waals surface area (Å²) in [6.45, 7) is 2.35. The Balaban J connectivity index is 2.61. The lowest BCUT2D eigenvalue weighted by Gasteiger charge is -2.10. The predicted molar refractivity (Wildman–Crippen MR) is 66.7 cm³/mol. The van der Waals surface area contributed by atoms with Gasteiger partial charge in [0.05, 0.1) is 10.9 Å². The van der Waals surface area contributed by atoms with E-state index in [0.717, 1.165) is 12.8 Å². The van der Waals surface area contributed by atoms with E-state index in [-0.39, 0.29) is 22.4 Å². The number of carbonyl (C=O) groups is 1. The van der Waals surface area contributed by atoms with Gasteiger partial charge in [-0.2, -0.15) is 0 Å². The average molecular weight is 258 g/mol. The summed E-state index contributed by atoms with van der Waals surface area (Å²) < 4.78 is 0. The molecule has 1 aromatic rings. The first-order chi connectivity index (χ1) is 8.04. The number of nitrogens with one attached hydrogen (secondary N) is 1. The number of carbonyl (C=O) groups excluding carboxylic acids is 1. The van der Waals surface area contributed by atoms with Gasteiger partial charge >= 0.3 is 0 Å². The summed E-state index contributed by atoms with van der Waals surface area (Å²) in [6.07, 6.45) is 1.76. The molecule has 0 saturated carbocycles. The Bertz CT molecular complexity index is 395. The fourth-order valence-corrected chi connectivity index (χ4v) is 1.72. The molecule has 0 aliphatic rings. The zero-order valence-corrected chi connectivity index (χ0v) is 10.4. The molecule has 0 aliphatic heterocycles. The number of hydrogen-bond acceptors (Lipinski definition) is 3. The van der Waals surface area contributed by atoms with Gasteiger partial charge in [-0.25, -0.2) is 0 Å². The van der Waals surface area contributed by atoms with Gasteiger partial charge in [0.1, 0.15) is 11.5 Å². The number of hydrogen-bond donors (Lipinski definition) is 3. The third-order valence-corrected chi connectivity index (χ3v) is 2.68. The molecule has 1 rings (SSSR count). The number of benzene rings is 1. The van der Waals surface area contributed by atoms with Crippen LogP contribution in [0.15, 0.2) is 18.2 Å². The van der Waals surface area contributed by atoms with E-state index in [1.165, 1.54) is 18.2 Å². The highest BCUT2D eigenvalue weighted by Gasteiger charge is 2.13. The Morgan fingerprint density at radius 3 is 2.82 bits per heavy atom. The molecule has 0 aliphatic carbocycles. The highest BCUT2D eigenvalue weighted by molar-refractivity contribution is 6.20. The van der Waals surface area contributed by atoms with Gasteiger partial charge in [0, 0.05) is 6.54 Å². The number of aromatic hydroxyl groups is 2. The first kappa shape index (κ1) is 13.6. The maximum absolute atomic E-state index is 11.7. The molecule has 1 aromatic carbocycles. The Morgan fingerprint density at radius 2 is 2.18 bits per heavy atom. The second kappa shape index (κ2) is 6.35. The summed E-state index contributed by atoms with van der Waals surface area (Å²) in [5, 5.41) is 21.2. The van der Waals surface area contributed by atoms with Crippen molar-refractivity contribution in [3.05, 3.63) is 23.8 Å². The number of phenolic OH excluding ortho intramolecular Hbond substituents is 2. The lowest BCUT2D eigenvalue weighted by atomic mass is 10.1. The Morgan fingerprint density at radius 1 is 1.47 bits per heavy atom. The second-order valence-corrected chi connectivity index (χ2v) is 4.41. The smallest absolute Gasteiger partial charge is 0.255 e. The van der Waals surface area contributed by atoms with Crippen molar-refractivity contribution in [3.8, 4) is 11.5 Å². The minimum atomic E-state index is -0.444. The molecular formula is C12H16ClNO3. The van der Waals surface area contributed by atoms with Crippen LogP contribution in [0.5, 0.6) is 11.5 Å². The van der Waals surface area contributed by atoms with E-state index in [1.807, 2.05) is 6.92 Å². The fourth-order valence-electron chi connectivity index (χ4n) is 1.42. The molecule has 0 heterocycles. The van der Waals surface area contributed by atoms with Crippen LogP contribution in [-0.4, -0.2) is 28.0 Å². The number of halogens is 1. The monoisotopic (exact) mass is 257 g/mol. The Hall–Kier alpha value is -1.42. The van der Waals surface area contributed by atoms with Crippen molar-refractivity contribution in [2.75, 3.05) is 6.54 Å². The number of rotatable bonds is 5. The van der Waals surface area contributed by atoms with Gasteiger partial charge in [-0.3, -0.25) is 4.79 Å². The molecule has 1 amide bonds. The third kappa shape index (κ3) is 4.15. The molecule has 0 fully saturated rings. The van der Waals surface area contributed by atoms with Gasteiger partial charge in [0.2, 0.25) is 0 Å². The third-order valence-electron chi connectivity index (χ3n) is 2.31. The quantitative estimate of drug-likeness (QED) is 0.560. The normalized spacial score (nSPS) is 12.1. The van der Waals surface area contributed by atoms with Crippen LogP contribution >= 0.6 is 11.6 Å². The van der Waals surface area contributed by atoms with Crippen molar-refractivity contribution in [2.45, 2.75) is 25.1 Å². The maximum Gasteiger partial charge on any atom is 0.255 e. The summed E-state index contributed by atoms with van der Waals surface area (Å²) >= 11 is 5.96. The van der Waals surface area contributed by atoms with Gasteiger partial charge in [-0.15, -0.1) is 11.6 Å². The molecule has 1 unspecified atom stereocenters. The van der Waals surface area contributed by atoms with Crippen molar-refractivity contribution in [2.24, 2.45) is 0 Å². The average Bonchev–Trinajstić information content (AvgIpc) is 2.29. The number of alkyl halides is 1. The highest BCUT2D eigenvalue weighted by atomic mass is 35.5. The van der Waals surface area contributed by atoms with Crippen LogP contribution in [0.25, 0.3) is 0 Å². The fraction of sp³-hybridized carbons (Fsp3) is 0.417. The van der Waals surface area contributed by atoms with Gasteiger partial charge in [0.15, 0.2) is 0 Å². The summed E-state index contributed by atoms with van der Waals surface area (Å²) in [5.41, 5.74) is 0.0466. The number of phenols is 2. The lowest BCUT2D eigenvalue weighted by molar-refractivity contribution is 0.0950. The lowest BCUT2D eigenvalue weighted by Crippen LogP contribution is -2.29. The van der Waals surface area contributed by atoms with Crippen molar-refractivity contribution >= 4 is 17.5 Å². The standard InChI is InChI=1S/C12H16ClNO3/c1-2-3-8(13)7-14-12(17)10-6-9(15)4-5-11(10)16/h4-6,8,15-16H,2-3,7H2,1H3,(H,14,17). The maximum atomic E-state index is 11.7. The molecule has 0 spiro atoms. The molecule has 3 N–H and O–H groups in total. The molecule has 94 valence electrons. The van der Waals surface area contributed by atoms with Crippen LogP contribution in [-0.2, 0) is 0 Å². The first-order valence-electron chi connectivity index (χ1n) is 5.48. The highest BCUT2D eigenvalue weighted by Crippen LogP contribution is 2.21. The van der Waals surface area contributed by atoms with Crippen molar-refractivity contribution in [3.63, 3.8) is 0 Å². The predicted octanol–water partition coefficient (Wildman–Crippen LogP) is 2.24. The molecule has 5 heteroatoms. The van der Waals surface area contributed by atoms with E-state index in [4.69, 9.17) is 11.6 Å². The molecule has 0 saturated heterocycles. The zero-order chi connectivity index (χ0) is 12.8. The Labute approximate surface area is 105 Å². The summed E-state index contributed by atoms with van der Waals surface area (Å²) in [5.74, 6) is -0.675. The van der Waals surface area contributed by atoms with Crippen LogP contribution in [0, 0.1) is 0 Å².